The number of ketones is 1. The number of fused-ring (bicyclic) bond motifs is 1. The van der Waals surface area contributed by atoms with Gasteiger partial charge in [0.05, 0.1) is 0 Å². The lowest BCUT2D eigenvalue weighted by atomic mass is 10.1. The number of ether oxygens (including phenoxy) is 1. The summed E-state index contributed by atoms with van der Waals surface area (Å²) in [6.07, 6.45) is 0. The fourth-order valence-electron chi connectivity index (χ4n) is 2.13. The highest BCUT2D eigenvalue weighted by Gasteiger charge is 2.17. The van der Waals surface area contributed by atoms with Crippen molar-refractivity contribution in [3.05, 3.63) is 79.7 Å². The van der Waals surface area contributed by atoms with Crippen LogP contribution in [-0.4, -0.2) is 18.4 Å². The number of carbonyl (C=O) groups is 2. The van der Waals surface area contributed by atoms with Crippen LogP contribution >= 0.6 is 22.6 Å². The number of hydrogen-bond donors (Lipinski definition) is 0. The van der Waals surface area contributed by atoms with E-state index in [-0.39, 0.29) is 11.3 Å². The van der Waals surface area contributed by atoms with Crippen molar-refractivity contribution in [1.29, 1.82) is 0 Å². The molecule has 0 unspecified atom stereocenters. The fraction of sp³-hybridized carbons (Fsp3) is 0.0556. The van der Waals surface area contributed by atoms with E-state index in [1.54, 1.807) is 48.5 Å². The van der Waals surface area contributed by atoms with Crippen LogP contribution < -0.4 is 5.63 Å². The summed E-state index contributed by atoms with van der Waals surface area (Å²) >= 11 is 2.13. The first-order valence-electron chi connectivity index (χ1n) is 7.03. The summed E-state index contributed by atoms with van der Waals surface area (Å²) in [6, 6.07) is 15.1. The van der Waals surface area contributed by atoms with Crippen LogP contribution in [0.2, 0.25) is 0 Å². The van der Waals surface area contributed by atoms with Crippen molar-refractivity contribution in [2.24, 2.45) is 0 Å². The van der Waals surface area contributed by atoms with Gasteiger partial charge in [0.25, 0.3) is 0 Å². The number of hydrogen-bond acceptors (Lipinski definition) is 5. The highest BCUT2D eigenvalue weighted by Crippen LogP contribution is 2.13. The molecule has 0 aliphatic carbocycles. The number of benzene rings is 2. The molecule has 3 aromatic rings. The second-order valence-electron chi connectivity index (χ2n) is 4.99. The van der Waals surface area contributed by atoms with Gasteiger partial charge in [-0.25, -0.2) is 9.59 Å². The van der Waals surface area contributed by atoms with Gasteiger partial charge in [-0.3, -0.25) is 4.79 Å². The predicted octanol–water partition coefficient (Wildman–Crippen LogP) is 3.44. The van der Waals surface area contributed by atoms with Crippen molar-refractivity contribution in [1.82, 2.24) is 0 Å². The molecule has 0 radical (unpaired) electrons. The fourth-order valence-corrected chi connectivity index (χ4v) is 2.49. The molecular weight excluding hydrogens is 423 g/mol. The molecular formula is C18H11IO5. The number of halogens is 1. The molecule has 0 aliphatic heterocycles. The van der Waals surface area contributed by atoms with Crippen LogP contribution in [-0.2, 0) is 4.74 Å². The van der Waals surface area contributed by atoms with Gasteiger partial charge in [0, 0.05) is 14.5 Å². The molecule has 6 heteroatoms. The molecule has 1 aromatic heterocycles. The molecule has 0 aliphatic rings. The standard InChI is InChI=1S/C18H11IO5/c19-13-7-5-11(6-8-13)15(20)10-23-17(21)14-9-12-3-1-2-4-16(12)24-18(14)22/h1-9H,10H2. The van der Waals surface area contributed by atoms with Crippen LogP contribution in [0, 0.1) is 3.57 Å². The number of carbonyl (C=O) groups excluding carboxylic acids is 2. The minimum Gasteiger partial charge on any atom is -0.453 e. The first kappa shape index (κ1) is 16.4. The zero-order chi connectivity index (χ0) is 17.1. The van der Waals surface area contributed by atoms with Gasteiger partial charge >= 0.3 is 11.6 Å². The average molecular weight is 434 g/mol. The summed E-state index contributed by atoms with van der Waals surface area (Å²) < 4.78 is 11.0. The van der Waals surface area contributed by atoms with Crippen LogP contribution in [0.5, 0.6) is 0 Å². The molecule has 0 saturated heterocycles. The van der Waals surface area contributed by atoms with E-state index < -0.39 is 18.2 Å². The van der Waals surface area contributed by atoms with Gasteiger partial charge < -0.3 is 9.15 Å². The Bertz CT molecular complexity index is 973. The van der Waals surface area contributed by atoms with E-state index in [2.05, 4.69) is 22.6 Å². The molecule has 0 N–H and O–H groups in total. The van der Waals surface area contributed by atoms with Gasteiger partial charge in [0.1, 0.15) is 11.1 Å². The maximum atomic E-state index is 12.1. The Balaban J connectivity index is 1.75. The molecule has 5 nitrogen and oxygen atoms in total. The zero-order valence-corrected chi connectivity index (χ0v) is 14.5. The SMILES string of the molecule is O=C(COC(=O)c1cc2ccccc2oc1=O)c1ccc(I)cc1. The normalized spacial score (nSPS) is 10.5. The lowest BCUT2D eigenvalue weighted by Gasteiger charge is -2.05. The highest BCUT2D eigenvalue weighted by atomic mass is 127. The molecule has 0 fully saturated rings. The van der Waals surface area contributed by atoms with Gasteiger partial charge in [-0.1, -0.05) is 30.3 Å². The minimum atomic E-state index is -0.881. The Kier molecular flexibility index (Phi) is 4.75. The van der Waals surface area contributed by atoms with E-state index in [9.17, 15) is 14.4 Å². The van der Waals surface area contributed by atoms with Crippen molar-refractivity contribution in [3.8, 4) is 0 Å². The summed E-state index contributed by atoms with van der Waals surface area (Å²) in [5.74, 6) is -1.22. The average Bonchev–Trinajstić information content (AvgIpc) is 2.59. The Hall–Kier alpha value is -2.48. The van der Waals surface area contributed by atoms with Crippen LogP contribution in [0.3, 0.4) is 0 Å². The van der Waals surface area contributed by atoms with Gasteiger partial charge in [-0.05, 0) is 46.9 Å². The largest absolute Gasteiger partial charge is 0.453 e. The van der Waals surface area contributed by atoms with E-state index >= 15 is 0 Å². The number of para-hydroxylation sites is 1. The summed E-state index contributed by atoms with van der Waals surface area (Å²) in [5.41, 5.74) is -0.202. The van der Waals surface area contributed by atoms with Crippen molar-refractivity contribution < 1.29 is 18.7 Å². The molecule has 3 rings (SSSR count). The molecule has 1 heterocycles. The topological polar surface area (TPSA) is 73.6 Å². The first-order chi connectivity index (χ1) is 11.5. The first-order valence-corrected chi connectivity index (χ1v) is 8.11. The van der Waals surface area contributed by atoms with E-state index in [0.29, 0.717) is 16.5 Å². The summed E-state index contributed by atoms with van der Waals surface area (Å²) in [4.78, 5) is 35.9. The van der Waals surface area contributed by atoms with E-state index in [4.69, 9.17) is 9.15 Å². The third-order valence-electron chi connectivity index (χ3n) is 3.36. The molecule has 0 saturated carbocycles. The lowest BCUT2D eigenvalue weighted by molar-refractivity contribution is 0.0471. The van der Waals surface area contributed by atoms with Crippen molar-refractivity contribution in [2.75, 3.05) is 6.61 Å². The minimum absolute atomic E-state index is 0.232. The summed E-state index contributed by atoms with van der Waals surface area (Å²) in [6.45, 7) is -0.439. The molecule has 0 spiro atoms. The second-order valence-corrected chi connectivity index (χ2v) is 6.24. The smallest absolute Gasteiger partial charge is 0.351 e. The predicted molar refractivity (Wildman–Crippen MR) is 96.3 cm³/mol. The van der Waals surface area contributed by atoms with Crippen LogP contribution in [0.1, 0.15) is 20.7 Å². The monoisotopic (exact) mass is 434 g/mol. The van der Waals surface area contributed by atoms with Crippen LogP contribution in [0.15, 0.2) is 63.8 Å². The number of rotatable bonds is 4. The van der Waals surface area contributed by atoms with Crippen LogP contribution in [0.25, 0.3) is 11.0 Å². The van der Waals surface area contributed by atoms with Gasteiger partial charge in [-0.15, -0.1) is 0 Å². The molecule has 120 valence electrons. The van der Waals surface area contributed by atoms with E-state index in [1.165, 1.54) is 6.07 Å². The maximum absolute atomic E-state index is 12.1. The highest BCUT2D eigenvalue weighted by molar-refractivity contribution is 14.1. The van der Waals surface area contributed by atoms with Gasteiger partial charge in [-0.2, -0.15) is 0 Å². The van der Waals surface area contributed by atoms with Gasteiger partial charge in [0.2, 0.25) is 0 Å². The van der Waals surface area contributed by atoms with Gasteiger partial charge in [0.15, 0.2) is 12.4 Å². The molecule has 24 heavy (non-hydrogen) atoms. The quantitative estimate of drug-likeness (QED) is 0.272. The Morgan fingerprint density at radius 3 is 2.50 bits per heavy atom. The summed E-state index contributed by atoms with van der Waals surface area (Å²) in [7, 11) is 0. The Labute approximate surface area is 150 Å². The summed E-state index contributed by atoms with van der Waals surface area (Å²) in [5, 5.41) is 0.605. The van der Waals surface area contributed by atoms with Crippen LogP contribution in [0.4, 0.5) is 0 Å². The third kappa shape index (κ3) is 3.53. The third-order valence-corrected chi connectivity index (χ3v) is 4.08. The Morgan fingerprint density at radius 2 is 1.75 bits per heavy atom. The molecule has 2 aromatic carbocycles. The van der Waals surface area contributed by atoms with E-state index in [0.717, 1.165) is 3.57 Å². The maximum Gasteiger partial charge on any atom is 0.351 e. The Morgan fingerprint density at radius 1 is 1.04 bits per heavy atom. The van der Waals surface area contributed by atoms with E-state index in [1.807, 2.05) is 0 Å². The lowest BCUT2D eigenvalue weighted by Crippen LogP contribution is -2.20. The van der Waals surface area contributed by atoms with Crippen molar-refractivity contribution in [3.63, 3.8) is 0 Å². The second kappa shape index (κ2) is 6.96. The molecule has 0 atom stereocenters. The number of esters is 1. The zero-order valence-electron chi connectivity index (χ0n) is 12.3. The molecule has 0 bridgehead atoms. The molecule has 0 amide bonds. The van der Waals surface area contributed by atoms with Crippen molar-refractivity contribution >= 4 is 45.3 Å². The van der Waals surface area contributed by atoms with Crippen molar-refractivity contribution in [2.45, 2.75) is 0 Å². The number of Topliss-reactive ketones (excluding diaryl/α,β-unsaturated/α-hetero) is 1.